The second-order valence-electron chi connectivity index (χ2n) is 3.44. The fourth-order valence-electron chi connectivity index (χ4n) is 1.28. The number of carbonyl (C=O) groups is 2. The molecule has 9 heteroatoms. The van der Waals surface area contributed by atoms with Crippen molar-refractivity contribution in [2.45, 2.75) is 0 Å². The zero-order valence-corrected chi connectivity index (χ0v) is 9.36. The van der Waals surface area contributed by atoms with Crippen LogP contribution < -0.4 is 10.6 Å². The summed E-state index contributed by atoms with van der Waals surface area (Å²) in [4.78, 5) is 36.3. The minimum Gasteiger partial charge on any atom is -0.477 e. The van der Waals surface area contributed by atoms with E-state index in [1.165, 1.54) is 11.9 Å². The summed E-state index contributed by atoms with van der Waals surface area (Å²) in [6, 6.07) is 1.02. The molecule has 0 unspecified atom stereocenters. The number of aromatic carboxylic acids is 1. The van der Waals surface area contributed by atoms with Gasteiger partial charge in [0.2, 0.25) is 5.91 Å². The Morgan fingerprint density at radius 1 is 1.61 bits per heavy atom. The summed E-state index contributed by atoms with van der Waals surface area (Å²) in [6.07, 6.45) is 0.830. The molecule has 3 N–H and O–H groups in total. The molecule has 18 heavy (non-hydrogen) atoms. The van der Waals surface area contributed by atoms with Crippen LogP contribution in [0.25, 0.3) is 0 Å². The molecular formula is C9H10N4O5. The number of amides is 1. The van der Waals surface area contributed by atoms with Crippen LogP contribution in [0.4, 0.5) is 11.5 Å². The van der Waals surface area contributed by atoms with Gasteiger partial charge in [-0.15, -0.1) is 0 Å². The first-order chi connectivity index (χ1) is 8.32. The molecule has 1 aromatic heterocycles. The average molecular weight is 254 g/mol. The van der Waals surface area contributed by atoms with Gasteiger partial charge in [-0.3, -0.25) is 14.9 Å². The molecule has 0 radical (unpaired) electrons. The Morgan fingerprint density at radius 2 is 2.22 bits per heavy atom. The first kappa shape index (κ1) is 13.4. The quantitative estimate of drug-likeness (QED) is 0.538. The van der Waals surface area contributed by atoms with Gasteiger partial charge in [-0.1, -0.05) is 0 Å². The van der Waals surface area contributed by atoms with Crippen molar-refractivity contribution < 1.29 is 19.6 Å². The highest BCUT2D eigenvalue weighted by Gasteiger charge is 2.22. The molecule has 1 rings (SSSR count). The van der Waals surface area contributed by atoms with Crippen LogP contribution in [0, 0.1) is 10.1 Å². The fourth-order valence-corrected chi connectivity index (χ4v) is 1.28. The van der Waals surface area contributed by atoms with Crippen molar-refractivity contribution in [3.63, 3.8) is 0 Å². The predicted octanol–water partition coefficient (Wildman–Crippen LogP) is -0.391. The average Bonchev–Trinajstić information content (AvgIpc) is 2.26. The molecule has 0 spiro atoms. The Morgan fingerprint density at radius 3 is 2.67 bits per heavy atom. The van der Waals surface area contributed by atoms with Crippen LogP contribution in [0.15, 0.2) is 12.3 Å². The number of anilines is 1. The molecule has 96 valence electrons. The van der Waals surface area contributed by atoms with Gasteiger partial charge in [-0.05, 0) is 0 Å². The van der Waals surface area contributed by atoms with E-state index in [0.29, 0.717) is 0 Å². The molecule has 0 aliphatic carbocycles. The number of nitro groups is 1. The highest BCUT2D eigenvalue weighted by Crippen LogP contribution is 2.21. The first-order valence-electron chi connectivity index (χ1n) is 4.70. The maximum atomic E-state index is 10.9. The van der Waals surface area contributed by atoms with Crippen LogP contribution in [0.3, 0.4) is 0 Å². The van der Waals surface area contributed by atoms with Crippen molar-refractivity contribution in [2.24, 2.45) is 5.73 Å². The molecule has 0 saturated carbocycles. The molecule has 0 saturated heterocycles. The van der Waals surface area contributed by atoms with Gasteiger partial charge >= 0.3 is 11.7 Å². The SMILES string of the molecule is CN(CC(N)=O)c1cc(C(=O)O)c([N+](=O)[O-])cn1. The van der Waals surface area contributed by atoms with E-state index in [-0.39, 0.29) is 12.4 Å². The maximum absolute atomic E-state index is 10.9. The molecule has 0 aliphatic heterocycles. The molecule has 1 aromatic rings. The van der Waals surface area contributed by atoms with E-state index >= 15 is 0 Å². The third-order valence-electron chi connectivity index (χ3n) is 2.08. The number of likely N-dealkylation sites (N-methyl/N-ethyl adjacent to an activating group) is 1. The zero-order valence-electron chi connectivity index (χ0n) is 9.36. The lowest BCUT2D eigenvalue weighted by atomic mass is 10.2. The smallest absolute Gasteiger partial charge is 0.342 e. The highest BCUT2D eigenvalue weighted by molar-refractivity contribution is 5.93. The Balaban J connectivity index is 3.18. The Kier molecular flexibility index (Phi) is 3.77. The van der Waals surface area contributed by atoms with Gasteiger partial charge in [0.1, 0.15) is 17.6 Å². The van der Waals surface area contributed by atoms with E-state index in [1.807, 2.05) is 0 Å². The van der Waals surface area contributed by atoms with E-state index in [2.05, 4.69) is 4.98 Å². The second kappa shape index (κ2) is 5.08. The normalized spacial score (nSPS) is 9.83. The van der Waals surface area contributed by atoms with E-state index in [1.54, 1.807) is 0 Å². The summed E-state index contributed by atoms with van der Waals surface area (Å²) in [5.41, 5.74) is 3.86. The standard InChI is InChI=1S/C9H10N4O5/c1-12(4-7(10)14)8-2-5(9(15)16)6(3-11-8)13(17)18/h2-3H,4H2,1H3,(H2,10,14)(H,15,16). The van der Waals surface area contributed by atoms with Crippen LogP contribution in [-0.4, -0.2) is 40.5 Å². The highest BCUT2D eigenvalue weighted by atomic mass is 16.6. The van der Waals surface area contributed by atoms with Crippen LogP contribution in [-0.2, 0) is 4.79 Å². The van der Waals surface area contributed by atoms with Crippen molar-refractivity contribution in [3.8, 4) is 0 Å². The minimum atomic E-state index is -1.45. The van der Waals surface area contributed by atoms with Crippen molar-refractivity contribution in [2.75, 3.05) is 18.5 Å². The molecule has 0 aromatic carbocycles. The number of carbonyl (C=O) groups excluding carboxylic acids is 1. The number of hydrogen-bond acceptors (Lipinski definition) is 6. The van der Waals surface area contributed by atoms with E-state index in [9.17, 15) is 19.7 Å². The monoisotopic (exact) mass is 254 g/mol. The number of carboxylic acid groups (broad SMARTS) is 1. The lowest BCUT2D eigenvalue weighted by Crippen LogP contribution is -2.31. The molecule has 0 fully saturated rings. The molecule has 1 amide bonds. The molecule has 0 aliphatic rings. The third kappa shape index (κ3) is 2.90. The van der Waals surface area contributed by atoms with Crippen LogP contribution >= 0.6 is 0 Å². The number of primary amides is 1. The van der Waals surface area contributed by atoms with Crippen LogP contribution in [0.1, 0.15) is 10.4 Å². The zero-order chi connectivity index (χ0) is 13.9. The largest absolute Gasteiger partial charge is 0.477 e. The Labute approximate surface area is 101 Å². The van der Waals surface area contributed by atoms with Crippen LogP contribution in [0.5, 0.6) is 0 Å². The van der Waals surface area contributed by atoms with Crippen molar-refractivity contribution in [3.05, 3.63) is 27.9 Å². The second-order valence-corrected chi connectivity index (χ2v) is 3.44. The van der Waals surface area contributed by atoms with E-state index < -0.39 is 28.1 Å². The van der Waals surface area contributed by atoms with Gasteiger partial charge in [0.05, 0.1) is 11.5 Å². The Bertz CT molecular complexity index is 516. The lowest BCUT2D eigenvalue weighted by Gasteiger charge is -2.15. The summed E-state index contributed by atoms with van der Waals surface area (Å²) >= 11 is 0. The predicted molar refractivity (Wildman–Crippen MR) is 60.3 cm³/mol. The molecule has 1 heterocycles. The number of pyridine rings is 1. The lowest BCUT2D eigenvalue weighted by molar-refractivity contribution is -0.385. The van der Waals surface area contributed by atoms with Crippen molar-refractivity contribution in [1.82, 2.24) is 4.98 Å². The van der Waals surface area contributed by atoms with Crippen molar-refractivity contribution >= 4 is 23.4 Å². The topological polar surface area (TPSA) is 140 Å². The van der Waals surface area contributed by atoms with E-state index in [0.717, 1.165) is 12.3 Å². The maximum Gasteiger partial charge on any atom is 0.342 e. The van der Waals surface area contributed by atoms with Crippen LogP contribution in [0.2, 0.25) is 0 Å². The number of aromatic nitrogens is 1. The molecule has 0 bridgehead atoms. The molecule has 9 nitrogen and oxygen atoms in total. The number of hydrogen-bond donors (Lipinski definition) is 2. The summed E-state index contributed by atoms with van der Waals surface area (Å²) in [5, 5.41) is 19.5. The molecular weight excluding hydrogens is 244 g/mol. The van der Waals surface area contributed by atoms with Gasteiger partial charge in [-0.2, -0.15) is 0 Å². The van der Waals surface area contributed by atoms with E-state index in [4.69, 9.17) is 10.8 Å². The molecule has 0 atom stereocenters. The summed E-state index contributed by atoms with van der Waals surface area (Å²) in [5.74, 6) is -1.97. The Hall–Kier alpha value is -2.71. The van der Waals surface area contributed by atoms with Crippen molar-refractivity contribution in [1.29, 1.82) is 0 Å². The summed E-state index contributed by atoms with van der Waals surface area (Å²) in [7, 11) is 1.46. The minimum absolute atomic E-state index is 0.108. The third-order valence-corrected chi connectivity index (χ3v) is 2.08. The summed E-state index contributed by atoms with van der Waals surface area (Å²) < 4.78 is 0. The van der Waals surface area contributed by atoms with Gasteiger partial charge in [-0.25, -0.2) is 9.78 Å². The van der Waals surface area contributed by atoms with Gasteiger partial charge in [0, 0.05) is 13.1 Å². The number of nitrogens with two attached hydrogens (primary N) is 1. The summed E-state index contributed by atoms with van der Waals surface area (Å²) in [6.45, 7) is -0.177. The number of carboxylic acids is 1. The first-order valence-corrected chi connectivity index (χ1v) is 4.70. The van der Waals surface area contributed by atoms with Gasteiger partial charge < -0.3 is 15.7 Å². The fraction of sp³-hybridized carbons (Fsp3) is 0.222. The van der Waals surface area contributed by atoms with Gasteiger partial charge in [0.15, 0.2) is 0 Å². The number of nitrogens with zero attached hydrogens (tertiary/aromatic N) is 3. The number of rotatable bonds is 5. The van der Waals surface area contributed by atoms with Gasteiger partial charge in [0.25, 0.3) is 0 Å².